The molecule has 7 nitrogen and oxygen atoms in total. The zero-order valence-electron chi connectivity index (χ0n) is 15.6. The Morgan fingerprint density at radius 2 is 1.86 bits per heavy atom. The zero-order valence-corrected chi connectivity index (χ0v) is 15.6. The molecule has 2 aromatic carbocycles. The Balaban J connectivity index is 2.09. The standard InChI is InChI=1S/C21H20O7/c1-3-18(23)27-10-9-13-16(22)7-6-14-19(24)15-11-12(21(25)26-4-2)5-8-17(15)28-20(13)14/h5-8,11,22H,3-4,9-10H2,1-2H3. The van der Waals surface area contributed by atoms with Crippen LogP contribution in [0, 0.1) is 0 Å². The van der Waals surface area contributed by atoms with Crippen molar-refractivity contribution in [2.24, 2.45) is 0 Å². The van der Waals surface area contributed by atoms with Crippen molar-refractivity contribution in [3.63, 3.8) is 0 Å². The smallest absolute Gasteiger partial charge is 0.338 e. The molecule has 1 N–H and O–H groups in total. The molecule has 0 radical (unpaired) electrons. The van der Waals surface area contributed by atoms with Crippen molar-refractivity contribution in [3.05, 3.63) is 51.7 Å². The van der Waals surface area contributed by atoms with Gasteiger partial charge in [0.05, 0.1) is 29.5 Å². The summed E-state index contributed by atoms with van der Waals surface area (Å²) in [6.07, 6.45) is 0.453. The lowest BCUT2D eigenvalue weighted by atomic mass is 10.0. The summed E-state index contributed by atoms with van der Waals surface area (Å²) in [6.45, 7) is 3.68. The maximum Gasteiger partial charge on any atom is 0.338 e. The Bertz CT molecular complexity index is 1110. The fraction of sp³-hybridized carbons (Fsp3) is 0.286. The molecule has 3 rings (SSSR count). The molecule has 0 aliphatic carbocycles. The van der Waals surface area contributed by atoms with E-state index in [1.165, 1.54) is 30.3 Å². The maximum absolute atomic E-state index is 12.9. The first-order chi connectivity index (χ1) is 13.5. The number of hydrogen-bond acceptors (Lipinski definition) is 7. The predicted octanol–water partition coefficient (Wildman–Crippen LogP) is 3.32. The lowest BCUT2D eigenvalue weighted by Crippen LogP contribution is -2.09. The summed E-state index contributed by atoms with van der Waals surface area (Å²) < 4.78 is 15.9. The molecule has 0 bridgehead atoms. The number of ether oxygens (including phenoxy) is 2. The van der Waals surface area contributed by atoms with Crippen molar-refractivity contribution >= 4 is 33.9 Å². The number of aromatic hydroxyl groups is 1. The van der Waals surface area contributed by atoms with Gasteiger partial charge in [-0.15, -0.1) is 0 Å². The van der Waals surface area contributed by atoms with Gasteiger partial charge in [0, 0.05) is 18.4 Å². The minimum absolute atomic E-state index is 0.0503. The summed E-state index contributed by atoms with van der Waals surface area (Å²) in [7, 11) is 0. The number of benzene rings is 2. The highest BCUT2D eigenvalue weighted by Gasteiger charge is 2.17. The van der Waals surface area contributed by atoms with Crippen LogP contribution in [0.15, 0.2) is 39.5 Å². The number of rotatable bonds is 6. The number of fused-ring (bicyclic) bond motifs is 2. The Morgan fingerprint density at radius 1 is 1.07 bits per heavy atom. The van der Waals surface area contributed by atoms with Crippen LogP contribution < -0.4 is 5.43 Å². The van der Waals surface area contributed by atoms with Gasteiger partial charge in [-0.05, 0) is 37.3 Å². The van der Waals surface area contributed by atoms with E-state index in [2.05, 4.69) is 0 Å². The monoisotopic (exact) mass is 384 g/mol. The van der Waals surface area contributed by atoms with Gasteiger partial charge in [-0.2, -0.15) is 0 Å². The topological polar surface area (TPSA) is 103 Å². The average Bonchev–Trinajstić information content (AvgIpc) is 2.69. The molecule has 1 heterocycles. The summed E-state index contributed by atoms with van der Waals surface area (Å²) in [5.41, 5.74) is 0.826. The van der Waals surface area contributed by atoms with Gasteiger partial charge in [0.1, 0.15) is 16.9 Å². The molecule has 1 aromatic heterocycles. The predicted molar refractivity (Wildman–Crippen MR) is 103 cm³/mol. The first-order valence-electron chi connectivity index (χ1n) is 9.00. The SMILES string of the molecule is CCOC(=O)c1ccc2oc3c(CCOC(=O)CC)c(O)ccc3c(=O)c2c1. The van der Waals surface area contributed by atoms with Gasteiger partial charge in [0.25, 0.3) is 0 Å². The Labute approximate surface area is 160 Å². The van der Waals surface area contributed by atoms with Gasteiger partial charge in [-0.25, -0.2) is 4.79 Å². The molecule has 0 fully saturated rings. The van der Waals surface area contributed by atoms with Crippen LogP contribution in [-0.4, -0.2) is 30.3 Å². The van der Waals surface area contributed by atoms with Crippen LogP contribution in [-0.2, 0) is 20.7 Å². The number of hydrogen-bond donors (Lipinski definition) is 1. The van der Waals surface area contributed by atoms with E-state index in [4.69, 9.17) is 13.9 Å². The first-order valence-corrected chi connectivity index (χ1v) is 9.00. The van der Waals surface area contributed by atoms with E-state index in [1.54, 1.807) is 13.8 Å². The van der Waals surface area contributed by atoms with E-state index in [1.807, 2.05) is 0 Å². The number of phenolic OH excluding ortho intramolecular Hbond substituents is 1. The van der Waals surface area contributed by atoms with Gasteiger partial charge >= 0.3 is 11.9 Å². The van der Waals surface area contributed by atoms with Crippen molar-refractivity contribution < 1.29 is 28.6 Å². The molecule has 0 aliphatic rings. The maximum atomic E-state index is 12.9. The third-order valence-corrected chi connectivity index (χ3v) is 4.33. The Morgan fingerprint density at radius 3 is 2.57 bits per heavy atom. The Kier molecular flexibility index (Phi) is 5.63. The van der Waals surface area contributed by atoms with Crippen molar-refractivity contribution in [3.8, 4) is 5.75 Å². The Hall–Kier alpha value is -3.35. The van der Waals surface area contributed by atoms with E-state index < -0.39 is 5.97 Å². The van der Waals surface area contributed by atoms with Crippen LogP contribution in [0.25, 0.3) is 21.9 Å². The van der Waals surface area contributed by atoms with Crippen LogP contribution in [0.1, 0.15) is 36.2 Å². The van der Waals surface area contributed by atoms with Crippen molar-refractivity contribution in [2.75, 3.05) is 13.2 Å². The fourth-order valence-electron chi connectivity index (χ4n) is 2.92. The largest absolute Gasteiger partial charge is 0.508 e. The molecule has 28 heavy (non-hydrogen) atoms. The molecular formula is C21H20O7. The van der Waals surface area contributed by atoms with E-state index >= 15 is 0 Å². The number of carbonyl (C=O) groups excluding carboxylic acids is 2. The van der Waals surface area contributed by atoms with Crippen LogP contribution in [0.4, 0.5) is 0 Å². The normalized spacial score (nSPS) is 10.9. The third-order valence-electron chi connectivity index (χ3n) is 4.33. The molecule has 146 valence electrons. The van der Waals surface area contributed by atoms with E-state index in [-0.39, 0.29) is 70.7 Å². The molecule has 0 unspecified atom stereocenters. The number of phenols is 1. The summed E-state index contributed by atoms with van der Waals surface area (Å²) in [6, 6.07) is 7.34. The molecule has 0 saturated carbocycles. The highest BCUT2D eigenvalue weighted by atomic mass is 16.5. The summed E-state index contributed by atoms with van der Waals surface area (Å²) in [4.78, 5) is 36.2. The van der Waals surface area contributed by atoms with Crippen LogP contribution in [0.2, 0.25) is 0 Å². The molecule has 3 aromatic rings. The van der Waals surface area contributed by atoms with Crippen molar-refractivity contribution in [2.45, 2.75) is 26.7 Å². The lowest BCUT2D eigenvalue weighted by molar-refractivity contribution is -0.143. The molecule has 0 spiro atoms. The minimum atomic E-state index is -0.520. The number of esters is 2. The quantitative estimate of drug-likeness (QED) is 0.513. The van der Waals surface area contributed by atoms with E-state index in [9.17, 15) is 19.5 Å². The van der Waals surface area contributed by atoms with Crippen molar-refractivity contribution in [1.82, 2.24) is 0 Å². The van der Waals surface area contributed by atoms with Gasteiger partial charge in [-0.3, -0.25) is 9.59 Å². The average molecular weight is 384 g/mol. The number of carbonyl (C=O) groups is 2. The first kappa shape index (κ1) is 19.4. The third kappa shape index (κ3) is 3.69. The fourth-order valence-corrected chi connectivity index (χ4v) is 2.92. The molecule has 0 amide bonds. The van der Waals surface area contributed by atoms with Gasteiger partial charge in [-0.1, -0.05) is 6.92 Å². The molecule has 0 atom stereocenters. The summed E-state index contributed by atoms with van der Waals surface area (Å²) in [5, 5.41) is 10.7. The summed E-state index contributed by atoms with van der Waals surface area (Å²) in [5.74, 6) is -0.920. The van der Waals surface area contributed by atoms with Crippen LogP contribution in [0.5, 0.6) is 5.75 Å². The van der Waals surface area contributed by atoms with Crippen molar-refractivity contribution in [1.29, 1.82) is 0 Å². The lowest BCUT2D eigenvalue weighted by Gasteiger charge is -2.10. The van der Waals surface area contributed by atoms with E-state index in [0.717, 1.165) is 0 Å². The van der Waals surface area contributed by atoms with Crippen LogP contribution >= 0.6 is 0 Å². The molecular weight excluding hydrogens is 364 g/mol. The van der Waals surface area contributed by atoms with Gasteiger partial charge in [0.15, 0.2) is 0 Å². The minimum Gasteiger partial charge on any atom is -0.508 e. The van der Waals surface area contributed by atoms with Gasteiger partial charge < -0.3 is 19.0 Å². The second-order valence-electron chi connectivity index (χ2n) is 6.13. The second kappa shape index (κ2) is 8.12. The zero-order chi connectivity index (χ0) is 20.3. The molecule has 0 aliphatic heterocycles. The summed E-state index contributed by atoms with van der Waals surface area (Å²) >= 11 is 0. The van der Waals surface area contributed by atoms with E-state index in [0.29, 0.717) is 5.56 Å². The van der Waals surface area contributed by atoms with Crippen LogP contribution in [0.3, 0.4) is 0 Å². The highest BCUT2D eigenvalue weighted by Crippen LogP contribution is 2.29. The molecule has 7 heteroatoms. The van der Waals surface area contributed by atoms with Gasteiger partial charge in [0.2, 0.25) is 5.43 Å². The highest BCUT2D eigenvalue weighted by molar-refractivity contribution is 5.97. The second-order valence-corrected chi connectivity index (χ2v) is 6.13. The molecule has 0 saturated heterocycles.